The van der Waals surface area contributed by atoms with Gasteiger partial charge in [0.25, 0.3) is 5.91 Å². The summed E-state index contributed by atoms with van der Waals surface area (Å²) in [7, 11) is 1.55. The quantitative estimate of drug-likeness (QED) is 0.895. The summed E-state index contributed by atoms with van der Waals surface area (Å²) < 4.78 is 11.2. The van der Waals surface area contributed by atoms with E-state index < -0.39 is 6.10 Å². The number of morpholine rings is 1. The number of nitrogens with zero attached hydrogens (tertiary/aromatic N) is 2. The lowest BCUT2D eigenvalue weighted by Crippen LogP contribution is -2.49. The molecule has 2 heterocycles. The summed E-state index contributed by atoms with van der Waals surface area (Å²) in [5.41, 5.74) is 3.58. The summed E-state index contributed by atoms with van der Waals surface area (Å²) in [5.74, 6) is 0.240. The Bertz CT molecular complexity index is 824. The summed E-state index contributed by atoms with van der Waals surface area (Å²) >= 11 is 0. The largest absolute Gasteiger partial charge is 0.480 e. The van der Waals surface area contributed by atoms with Crippen LogP contribution in [0.1, 0.15) is 39.6 Å². The minimum atomic E-state index is -0.460. The van der Waals surface area contributed by atoms with Gasteiger partial charge in [0, 0.05) is 12.2 Å². The molecule has 1 aliphatic heterocycles. The molecule has 142 valence electrons. The maximum atomic E-state index is 13.5. The number of aliphatic hydroxyl groups is 1. The van der Waals surface area contributed by atoms with Crippen molar-refractivity contribution in [2.75, 3.05) is 26.9 Å². The Labute approximate surface area is 158 Å². The first-order valence-electron chi connectivity index (χ1n) is 9.38. The number of carbonyl (C=O) groups excluding carboxylic acids is 1. The van der Waals surface area contributed by atoms with Crippen molar-refractivity contribution in [3.8, 4) is 5.88 Å². The van der Waals surface area contributed by atoms with E-state index in [4.69, 9.17) is 9.47 Å². The first-order valence-corrected chi connectivity index (χ1v) is 9.38. The van der Waals surface area contributed by atoms with E-state index in [2.05, 4.69) is 4.98 Å². The van der Waals surface area contributed by atoms with Crippen LogP contribution < -0.4 is 4.74 Å². The Morgan fingerprint density at radius 2 is 2.15 bits per heavy atom. The van der Waals surface area contributed by atoms with Crippen molar-refractivity contribution in [2.24, 2.45) is 0 Å². The zero-order valence-electron chi connectivity index (χ0n) is 15.4. The molecule has 0 radical (unpaired) electrons. The Balaban J connectivity index is 1.73. The third-order valence-electron chi connectivity index (χ3n) is 5.37. The van der Waals surface area contributed by atoms with Crippen LogP contribution in [0.5, 0.6) is 5.88 Å². The number of carbonyl (C=O) groups is 1. The molecule has 4 rings (SSSR count). The lowest BCUT2D eigenvalue weighted by Gasteiger charge is -2.41. The van der Waals surface area contributed by atoms with Crippen LogP contribution in [-0.2, 0) is 17.6 Å². The molecular formula is C21H24N2O4. The van der Waals surface area contributed by atoms with Crippen LogP contribution in [-0.4, -0.2) is 53.9 Å². The molecule has 1 aromatic heterocycles. The molecule has 1 fully saturated rings. The van der Waals surface area contributed by atoms with Gasteiger partial charge in [-0.25, -0.2) is 4.98 Å². The van der Waals surface area contributed by atoms with Crippen LogP contribution >= 0.6 is 0 Å². The summed E-state index contributed by atoms with van der Waals surface area (Å²) in [5, 5.41) is 9.82. The van der Waals surface area contributed by atoms with Crippen LogP contribution in [0.2, 0.25) is 0 Å². The fraction of sp³-hybridized carbons (Fsp3) is 0.429. The van der Waals surface area contributed by atoms with Gasteiger partial charge >= 0.3 is 0 Å². The Hall–Kier alpha value is -2.44. The average Bonchev–Trinajstić information content (AvgIpc) is 3.19. The number of pyridine rings is 1. The molecular weight excluding hydrogens is 344 g/mol. The first kappa shape index (κ1) is 17.9. The van der Waals surface area contributed by atoms with Gasteiger partial charge in [-0.05, 0) is 36.5 Å². The number of aromatic nitrogens is 1. The van der Waals surface area contributed by atoms with Gasteiger partial charge in [-0.15, -0.1) is 0 Å². The molecule has 27 heavy (non-hydrogen) atoms. The Kier molecular flexibility index (Phi) is 5.09. The van der Waals surface area contributed by atoms with Crippen molar-refractivity contribution in [1.29, 1.82) is 0 Å². The molecule has 2 aliphatic rings. The number of amides is 1. The number of rotatable bonds is 4. The molecule has 1 N–H and O–H groups in total. The minimum Gasteiger partial charge on any atom is -0.480 e. The van der Waals surface area contributed by atoms with Crippen molar-refractivity contribution < 1.29 is 19.4 Å². The molecule has 0 spiro atoms. The van der Waals surface area contributed by atoms with Crippen LogP contribution in [0.3, 0.4) is 0 Å². The summed E-state index contributed by atoms with van der Waals surface area (Å²) in [4.78, 5) is 19.8. The van der Waals surface area contributed by atoms with E-state index in [0.29, 0.717) is 24.6 Å². The highest BCUT2D eigenvalue weighted by molar-refractivity contribution is 5.97. The highest BCUT2D eigenvalue weighted by Gasteiger charge is 2.37. The number of hydrogen-bond acceptors (Lipinski definition) is 5. The summed E-state index contributed by atoms with van der Waals surface area (Å²) in [6, 6.07) is 11.3. The highest BCUT2D eigenvalue weighted by Crippen LogP contribution is 2.33. The van der Waals surface area contributed by atoms with Gasteiger partial charge in [-0.2, -0.15) is 0 Å². The van der Waals surface area contributed by atoms with E-state index in [1.165, 1.54) is 0 Å². The fourth-order valence-corrected chi connectivity index (χ4v) is 4.08. The molecule has 1 amide bonds. The lowest BCUT2D eigenvalue weighted by molar-refractivity contribution is -0.0812. The zero-order chi connectivity index (χ0) is 18.8. The lowest BCUT2D eigenvalue weighted by atomic mass is 9.97. The average molecular weight is 368 g/mol. The molecule has 1 saturated heterocycles. The van der Waals surface area contributed by atoms with E-state index in [-0.39, 0.29) is 18.6 Å². The van der Waals surface area contributed by atoms with Gasteiger partial charge in [0.15, 0.2) is 0 Å². The van der Waals surface area contributed by atoms with Gasteiger partial charge in [0.1, 0.15) is 11.7 Å². The number of methoxy groups -OCH3 is 1. The molecule has 6 nitrogen and oxygen atoms in total. The third-order valence-corrected chi connectivity index (χ3v) is 5.37. The second-order valence-corrected chi connectivity index (χ2v) is 6.95. The third kappa shape index (κ3) is 3.31. The minimum absolute atomic E-state index is 0.135. The number of hydrogen-bond donors (Lipinski definition) is 1. The molecule has 0 saturated carbocycles. The van der Waals surface area contributed by atoms with Crippen molar-refractivity contribution in [2.45, 2.75) is 31.4 Å². The number of aliphatic hydroxyl groups excluding tert-OH is 1. The second kappa shape index (κ2) is 7.66. The van der Waals surface area contributed by atoms with E-state index >= 15 is 0 Å². The number of fused-ring (bicyclic) bond motifs is 1. The predicted octanol–water partition coefficient (Wildman–Crippen LogP) is 2.15. The normalized spacial score (nSPS) is 21.8. The van der Waals surface area contributed by atoms with Gasteiger partial charge < -0.3 is 19.5 Å². The van der Waals surface area contributed by atoms with E-state index in [1.807, 2.05) is 36.4 Å². The maximum Gasteiger partial charge on any atom is 0.260 e. The topological polar surface area (TPSA) is 71.9 Å². The van der Waals surface area contributed by atoms with Crippen LogP contribution in [0.15, 0.2) is 36.4 Å². The maximum absolute atomic E-state index is 13.5. The van der Waals surface area contributed by atoms with Crippen molar-refractivity contribution in [3.63, 3.8) is 0 Å². The SMILES string of the molecule is COc1nc2c(cc1C(=O)N1CCO[C@@H](CO)[C@@H]1c1ccccc1)CCC2. The monoisotopic (exact) mass is 368 g/mol. The second-order valence-electron chi connectivity index (χ2n) is 6.95. The Morgan fingerprint density at radius 1 is 1.33 bits per heavy atom. The predicted molar refractivity (Wildman–Crippen MR) is 99.9 cm³/mol. The van der Waals surface area contributed by atoms with Gasteiger partial charge in [-0.1, -0.05) is 30.3 Å². The Morgan fingerprint density at radius 3 is 2.89 bits per heavy atom. The number of ether oxygens (including phenoxy) is 2. The van der Waals surface area contributed by atoms with Gasteiger partial charge in [0.2, 0.25) is 5.88 Å². The van der Waals surface area contributed by atoms with Gasteiger partial charge in [0.05, 0.1) is 26.4 Å². The number of aryl methyl sites for hydroxylation is 2. The van der Waals surface area contributed by atoms with Crippen molar-refractivity contribution in [3.05, 3.63) is 58.8 Å². The summed E-state index contributed by atoms with van der Waals surface area (Å²) in [6.45, 7) is 0.693. The van der Waals surface area contributed by atoms with Crippen LogP contribution in [0, 0.1) is 0 Å². The van der Waals surface area contributed by atoms with Crippen LogP contribution in [0.4, 0.5) is 0 Å². The van der Waals surface area contributed by atoms with Crippen LogP contribution in [0.25, 0.3) is 0 Å². The van der Waals surface area contributed by atoms with Crippen molar-refractivity contribution >= 4 is 5.91 Å². The van der Waals surface area contributed by atoms with E-state index in [9.17, 15) is 9.90 Å². The molecule has 1 aromatic carbocycles. The fourth-order valence-electron chi connectivity index (χ4n) is 4.08. The molecule has 2 atom stereocenters. The summed E-state index contributed by atoms with van der Waals surface area (Å²) in [6.07, 6.45) is 2.46. The highest BCUT2D eigenvalue weighted by atomic mass is 16.5. The zero-order valence-corrected chi connectivity index (χ0v) is 15.4. The van der Waals surface area contributed by atoms with E-state index in [0.717, 1.165) is 36.1 Å². The van der Waals surface area contributed by atoms with E-state index in [1.54, 1.807) is 12.0 Å². The molecule has 6 heteroatoms. The first-order chi connectivity index (χ1) is 13.2. The molecule has 0 bridgehead atoms. The molecule has 2 aromatic rings. The molecule has 0 unspecified atom stereocenters. The number of benzene rings is 1. The van der Waals surface area contributed by atoms with Gasteiger partial charge in [-0.3, -0.25) is 4.79 Å². The standard InChI is InChI=1S/C21H24N2O4/c1-26-20-16(12-15-8-5-9-17(15)22-20)21(25)23-10-11-27-18(13-24)19(23)14-6-3-2-4-7-14/h2-4,6-7,12,18-19,24H,5,8-11,13H2,1H3/t18-,19-/m0/s1. The van der Waals surface area contributed by atoms with Crippen molar-refractivity contribution in [1.82, 2.24) is 9.88 Å². The smallest absolute Gasteiger partial charge is 0.260 e. The molecule has 1 aliphatic carbocycles.